The summed E-state index contributed by atoms with van der Waals surface area (Å²) in [5.74, 6) is -0.978. The van der Waals surface area contributed by atoms with Gasteiger partial charge in [-0.2, -0.15) is 0 Å². The Morgan fingerprint density at radius 1 is 1.38 bits per heavy atom. The summed E-state index contributed by atoms with van der Waals surface area (Å²) in [6.07, 6.45) is 0. The van der Waals surface area contributed by atoms with Crippen LogP contribution in [-0.2, 0) is 4.79 Å². The van der Waals surface area contributed by atoms with Crippen LogP contribution in [0, 0.1) is 0 Å². The summed E-state index contributed by atoms with van der Waals surface area (Å²) in [7, 11) is 1.50. The lowest BCUT2D eigenvalue weighted by molar-refractivity contribution is -0.140. The number of aliphatic carboxylic acids is 1. The number of benzene rings is 1. The van der Waals surface area contributed by atoms with Gasteiger partial charge in [0, 0.05) is 12.7 Å². The molecule has 0 radical (unpaired) electrons. The lowest BCUT2D eigenvalue weighted by Crippen LogP contribution is -2.36. The van der Waals surface area contributed by atoms with Crippen molar-refractivity contribution in [3.8, 4) is 0 Å². The number of anilines is 1. The molecule has 84 valence electrons. The molecule has 0 aliphatic carbocycles. The average molecular weight is 220 g/mol. The van der Waals surface area contributed by atoms with Crippen molar-refractivity contribution in [3.63, 3.8) is 0 Å². The van der Waals surface area contributed by atoms with Crippen LogP contribution in [0.15, 0.2) is 30.3 Å². The molecule has 1 aliphatic rings. The topological polar surface area (TPSA) is 60.9 Å². The largest absolute Gasteiger partial charge is 0.480 e. The molecule has 2 amide bonds. The number of nitrogens with zero attached hydrogens (tertiary/aromatic N) is 2. The number of urea groups is 1. The van der Waals surface area contributed by atoms with Crippen molar-refractivity contribution in [1.29, 1.82) is 0 Å². The van der Waals surface area contributed by atoms with Crippen LogP contribution in [0.25, 0.3) is 0 Å². The van der Waals surface area contributed by atoms with Crippen molar-refractivity contribution in [3.05, 3.63) is 30.3 Å². The van der Waals surface area contributed by atoms with Gasteiger partial charge in [0.25, 0.3) is 0 Å². The number of carboxylic acid groups (broad SMARTS) is 1. The molecule has 1 unspecified atom stereocenters. The lowest BCUT2D eigenvalue weighted by Gasteiger charge is -2.15. The number of carbonyl (C=O) groups is 2. The van der Waals surface area contributed by atoms with Crippen molar-refractivity contribution in [2.75, 3.05) is 18.5 Å². The van der Waals surface area contributed by atoms with Crippen LogP contribution in [0.1, 0.15) is 0 Å². The molecular weight excluding hydrogens is 208 g/mol. The fourth-order valence-corrected chi connectivity index (χ4v) is 1.76. The Kier molecular flexibility index (Phi) is 2.52. The number of hydrogen-bond acceptors (Lipinski definition) is 2. The average Bonchev–Trinajstić information content (AvgIpc) is 2.58. The first-order valence-electron chi connectivity index (χ1n) is 4.93. The van der Waals surface area contributed by atoms with Gasteiger partial charge in [0.2, 0.25) is 0 Å². The Labute approximate surface area is 92.9 Å². The first-order valence-corrected chi connectivity index (χ1v) is 4.93. The van der Waals surface area contributed by atoms with Crippen molar-refractivity contribution in [2.45, 2.75) is 6.04 Å². The molecule has 5 heteroatoms. The zero-order valence-corrected chi connectivity index (χ0v) is 8.83. The van der Waals surface area contributed by atoms with Crippen molar-refractivity contribution < 1.29 is 14.7 Å². The van der Waals surface area contributed by atoms with Gasteiger partial charge in [-0.1, -0.05) is 18.2 Å². The maximum atomic E-state index is 11.8. The van der Waals surface area contributed by atoms with Gasteiger partial charge in [-0.25, -0.2) is 9.59 Å². The third kappa shape index (κ3) is 1.60. The Hall–Kier alpha value is -2.04. The van der Waals surface area contributed by atoms with Gasteiger partial charge in [-0.05, 0) is 12.1 Å². The predicted octanol–water partition coefficient (Wildman–Crippen LogP) is 1.01. The van der Waals surface area contributed by atoms with E-state index >= 15 is 0 Å². The quantitative estimate of drug-likeness (QED) is 0.809. The molecule has 0 saturated carbocycles. The third-order valence-electron chi connectivity index (χ3n) is 2.71. The molecule has 1 atom stereocenters. The zero-order valence-electron chi connectivity index (χ0n) is 8.83. The minimum absolute atomic E-state index is 0.189. The second kappa shape index (κ2) is 3.84. The van der Waals surface area contributed by atoms with Gasteiger partial charge in [0.1, 0.15) is 6.04 Å². The Morgan fingerprint density at radius 2 is 2.00 bits per heavy atom. The molecule has 1 aromatic carbocycles. The molecule has 1 aliphatic heterocycles. The summed E-state index contributed by atoms with van der Waals surface area (Å²) in [5.41, 5.74) is 0.725. The molecule has 0 aromatic heterocycles. The van der Waals surface area contributed by atoms with E-state index in [-0.39, 0.29) is 12.6 Å². The molecule has 5 nitrogen and oxygen atoms in total. The fraction of sp³-hybridized carbons (Fsp3) is 0.273. The zero-order chi connectivity index (χ0) is 11.7. The van der Waals surface area contributed by atoms with Crippen molar-refractivity contribution >= 4 is 17.7 Å². The molecule has 16 heavy (non-hydrogen) atoms. The Bertz CT molecular complexity index is 418. The SMILES string of the molecule is CN1C(=O)N(c2ccccc2)CC1C(=O)O. The summed E-state index contributed by atoms with van der Waals surface area (Å²) < 4.78 is 0. The number of para-hydroxylation sites is 1. The molecule has 1 aromatic rings. The molecule has 1 N–H and O–H groups in total. The standard InChI is InChI=1S/C11H12N2O3/c1-12-9(10(14)15)7-13(11(12)16)8-5-3-2-4-6-8/h2-6,9H,7H2,1H3,(H,14,15). The van der Waals surface area contributed by atoms with E-state index in [1.165, 1.54) is 16.8 Å². The highest BCUT2D eigenvalue weighted by molar-refractivity contribution is 5.98. The van der Waals surface area contributed by atoms with Gasteiger partial charge in [0.15, 0.2) is 0 Å². The van der Waals surface area contributed by atoms with Gasteiger partial charge in [-0.15, -0.1) is 0 Å². The number of carbonyl (C=O) groups excluding carboxylic acids is 1. The van der Waals surface area contributed by atoms with E-state index in [2.05, 4.69) is 0 Å². The van der Waals surface area contributed by atoms with Gasteiger partial charge in [-0.3, -0.25) is 4.90 Å². The normalized spacial score (nSPS) is 20.3. The van der Waals surface area contributed by atoms with E-state index in [1.54, 1.807) is 12.1 Å². The minimum Gasteiger partial charge on any atom is -0.480 e. The summed E-state index contributed by atoms with van der Waals surface area (Å²) in [4.78, 5) is 25.4. The maximum absolute atomic E-state index is 11.8. The molecule has 1 heterocycles. The van der Waals surface area contributed by atoms with Gasteiger partial charge in [0.05, 0.1) is 6.54 Å². The van der Waals surface area contributed by atoms with Crippen LogP contribution in [0.2, 0.25) is 0 Å². The van der Waals surface area contributed by atoms with E-state index in [1.807, 2.05) is 18.2 Å². The summed E-state index contributed by atoms with van der Waals surface area (Å²) in [6.45, 7) is 0.189. The van der Waals surface area contributed by atoms with E-state index in [4.69, 9.17) is 5.11 Å². The number of amides is 2. The van der Waals surface area contributed by atoms with E-state index < -0.39 is 12.0 Å². The third-order valence-corrected chi connectivity index (χ3v) is 2.71. The second-order valence-electron chi connectivity index (χ2n) is 3.69. The molecule has 0 spiro atoms. The van der Waals surface area contributed by atoms with E-state index in [0.717, 1.165) is 5.69 Å². The highest BCUT2D eigenvalue weighted by Crippen LogP contribution is 2.22. The first kappa shape index (κ1) is 10.5. The number of carboxylic acids is 1. The number of rotatable bonds is 2. The van der Waals surface area contributed by atoms with Crippen LogP contribution in [-0.4, -0.2) is 41.6 Å². The minimum atomic E-state index is -0.978. The van der Waals surface area contributed by atoms with E-state index in [0.29, 0.717) is 0 Å². The summed E-state index contributed by atoms with van der Waals surface area (Å²) in [5, 5.41) is 8.95. The van der Waals surface area contributed by atoms with E-state index in [9.17, 15) is 9.59 Å². The first-order chi connectivity index (χ1) is 7.61. The lowest BCUT2D eigenvalue weighted by atomic mass is 10.2. The summed E-state index contributed by atoms with van der Waals surface area (Å²) in [6, 6.07) is 8.01. The molecule has 0 bridgehead atoms. The van der Waals surface area contributed by atoms with Gasteiger partial charge >= 0.3 is 12.0 Å². The number of hydrogen-bond donors (Lipinski definition) is 1. The molecular formula is C11H12N2O3. The second-order valence-corrected chi connectivity index (χ2v) is 3.69. The van der Waals surface area contributed by atoms with Crippen LogP contribution in [0.4, 0.5) is 10.5 Å². The molecule has 1 saturated heterocycles. The smallest absolute Gasteiger partial charge is 0.328 e. The van der Waals surface area contributed by atoms with Crippen molar-refractivity contribution in [1.82, 2.24) is 4.90 Å². The van der Waals surface area contributed by atoms with Crippen molar-refractivity contribution in [2.24, 2.45) is 0 Å². The predicted molar refractivity (Wildman–Crippen MR) is 58.4 cm³/mol. The summed E-state index contributed by atoms with van der Waals surface area (Å²) >= 11 is 0. The molecule has 1 fully saturated rings. The molecule has 2 rings (SSSR count). The monoisotopic (exact) mass is 220 g/mol. The Balaban J connectivity index is 2.26. The highest BCUT2D eigenvalue weighted by atomic mass is 16.4. The maximum Gasteiger partial charge on any atom is 0.328 e. The number of likely N-dealkylation sites (N-methyl/N-ethyl adjacent to an activating group) is 1. The van der Waals surface area contributed by atoms with Crippen LogP contribution in [0.5, 0.6) is 0 Å². The Morgan fingerprint density at radius 3 is 2.50 bits per heavy atom. The van der Waals surface area contributed by atoms with Crippen LogP contribution in [0.3, 0.4) is 0 Å². The fourth-order valence-electron chi connectivity index (χ4n) is 1.76. The van der Waals surface area contributed by atoms with Gasteiger partial charge < -0.3 is 10.0 Å². The van der Waals surface area contributed by atoms with Crippen LogP contribution < -0.4 is 4.90 Å². The van der Waals surface area contributed by atoms with Crippen LogP contribution >= 0.6 is 0 Å². The highest BCUT2D eigenvalue weighted by Gasteiger charge is 2.39.